The predicted octanol–water partition coefficient (Wildman–Crippen LogP) is 10.4. The largest absolute Gasteiger partial charge is 0.514 e. The molecule has 8 atom stereocenters. The Morgan fingerprint density at radius 2 is 1.76 bits per heavy atom. The number of allylic oxidation sites excluding steroid dienone is 1. The Kier molecular flexibility index (Phi) is 8.40. The number of rotatable bonds is 7. The summed E-state index contributed by atoms with van der Waals surface area (Å²) in [4.78, 5) is 12.5. The van der Waals surface area contributed by atoms with E-state index in [1.54, 1.807) is 17.7 Å². The van der Waals surface area contributed by atoms with Gasteiger partial charge in [0.15, 0.2) is 0 Å². The van der Waals surface area contributed by atoms with Gasteiger partial charge in [-0.25, -0.2) is 4.79 Å². The maximum atomic E-state index is 12.5. The molecule has 5 unspecified atom stereocenters. The average molecular weight is 586 g/mol. The minimum Gasteiger partial charge on any atom is -0.430 e. The summed E-state index contributed by atoms with van der Waals surface area (Å²) in [7, 11) is 0. The van der Waals surface area contributed by atoms with Crippen molar-refractivity contribution in [2.24, 2.45) is 46.3 Å². The molecule has 1 aromatic rings. The second kappa shape index (κ2) is 11.3. The number of benzene rings is 1. The lowest BCUT2D eigenvalue weighted by atomic mass is 9.47. The van der Waals surface area contributed by atoms with Crippen molar-refractivity contribution >= 4 is 22.1 Å². The van der Waals surface area contributed by atoms with Crippen LogP contribution < -0.4 is 4.74 Å². The molecule has 3 nitrogen and oxygen atoms in total. The first-order valence-electron chi connectivity index (χ1n) is 15.4. The number of halogens is 1. The number of fused-ring (bicyclic) bond motifs is 5. The Morgan fingerprint density at radius 1 is 1.00 bits per heavy atom. The maximum Gasteiger partial charge on any atom is 0.514 e. The topological polar surface area (TPSA) is 35.5 Å². The van der Waals surface area contributed by atoms with Crippen LogP contribution in [0.2, 0.25) is 0 Å². The molecule has 3 fully saturated rings. The SMILES string of the molecule is CC(C)CCCC(C)C1CCC2C3CC=C4C[C@@H](OC(=O)Oc5ccc(Br)cc5)CC[C@]4(C)C3CC[C@]12C. The minimum absolute atomic E-state index is 0.0785. The van der Waals surface area contributed by atoms with E-state index in [2.05, 4.69) is 56.6 Å². The van der Waals surface area contributed by atoms with Crippen molar-refractivity contribution in [3.63, 3.8) is 0 Å². The fourth-order valence-electron chi connectivity index (χ4n) is 9.51. The van der Waals surface area contributed by atoms with Gasteiger partial charge < -0.3 is 9.47 Å². The summed E-state index contributed by atoms with van der Waals surface area (Å²) in [6.07, 6.45) is 15.9. The smallest absolute Gasteiger partial charge is 0.430 e. The predicted molar refractivity (Wildman–Crippen MR) is 158 cm³/mol. The number of ether oxygens (including phenoxy) is 2. The van der Waals surface area contributed by atoms with E-state index in [0.29, 0.717) is 11.2 Å². The minimum atomic E-state index is -0.580. The van der Waals surface area contributed by atoms with E-state index in [9.17, 15) is 4.79 Å². The molecular formula is C34H49BrO3. The molecule has 1 aromatic carbocycles. The van der Waals surface area contributed by atoms with E-state index < -0.39 is 6.16 Å². The third-order valence-electron chi connectivity index (χ3n) is 11.5. The molecule has 210 valence electrons. The van der Waals surface area contributed by atoms with Crippen LogP contribution in [0, 0.1) is 46.3 Å². The lowest BCUT2D eigenvalue weighted by Gasteiger charge is -2.58. The normalized spacial score (nSPS) is 37.0. The van der Waals surface area contributed by atoms with Crippen LogP contribution in [0.1, 0.15) is 105 Å². The Bertz CT molecular complexity index is 1020. The van der Waals surface area contributed by atoms with Gasteiger partial charge in [0.05, 0.1) is 0 Å². The molecule has 4 aliphatic carbocycles. The van der Waals surface area contributed by atoms with Gasteiger partial charge in [0, 0.05) is 10.9 Å². The van der Waals surface area contributed by atoms with Gasteiger partial charge >= 0.3 is 6.16 Å². The summed E-state index contributed by atoms with van der Waals surface area (Å²) in [5.74, 6) is 5.60. The lowest BCUT2D eigenvalue weighted by Crippen LogP contribution is -2.51. The second-order valence-electron chi connectivity index (χ2n) is 14.1. The lowest BCUT2D eigenvalue weighted by molar-refractivity contribution is -0.0597. The molecule has 38 heavy (non-hydrogen) atoms. The fraction of sp³-hybridized carbons (Fsp3) is 0.735. The molecular weight excluding hydrogens is 536 g/mol. The molecule has 0 bridgehead atoms. The van der Waals surface area contributed by atoms with Crippen LogP contribution in [0.25, 0.3) is 0 Å². The summed E-state index contributed by atoms with van der Waals surface area (Å²) in [5, 5.41) is 0. The first-order valence-corrected chi connectivity index (χ1v) is 16.2. The van der Waals surface area contributed by atoms with Gasteiger partial charge in [0.2, 0.25) is 0 Å². The number of carbonyl (C=O) groups is 1. The van der Waals surface area contributed by atoms with Crippen molar-refractivity contribution in [3.8, 4) is 5.75 Å². The van der Waals surface area contributed by atoms with Crippen LogP contribution in [-0.2, 0) is 4.74 Å². The highest BCUT2D eigenvalue weighted by Crippen LogP contribution is 2.67. The Hall–Kier alpha value is -1.29. The van der Waals surface area contributed by atoms with Crippen molar-refractivity contribution in [2.75, 3.05) is 0 Å². The van der Waals surface area contributed by atoms with Gasteiger partial charge in [-0.3, -0.25) is 0 Å². The van der Waals surface area contributed by atoms with Gasteiger partial charge in [-0.1, -0.05) is 81.5 Å². The zero-order valence-corrected chi connectivity index (χ0v) is 25.9. The fourth-order valence-corrected chi connectivity index (χ4v) is 9.78. The Morgan fingerprint density at radius 3 is 2.50 bits per heavy atom. The van der Waals surface area contributed by atoms with Gasteiger partial charge in [-0.05, 0) is 116 Å². The molecule has 0 heterocycles. The van der Waals surface area contributed by atoms with E-state index in [1.165, 1.54) is 51.4 Å². The zero-order valence-electron chi connectivity index (χ0n) is 24.3. The number of carbonyl (C=O) groups excluding carboxylic acids is 1. The van der Waals surface area contributed by atoms with Crippen LogP contribution >= 0.6 is 15.9 Å². The van der Waals surface area contributed by atoms with E-state index in [4.69, 9.17) is 9.47 Å². The molecule has 0 N–H and O–H groups in total. The monoisotopic (exact) mass is 584 g/mol. The summed E-state index contributed by atoms with van der Waals surface area (Å²) in [5.41, 5.74) is 2.34. The van der Waals surface area contributed by atoms with Crippen LogP contribution in [0.4, 0.5) is 4.79 Å². The molecule has 0 radical (unpaired) electrons. The van der Waals surface area contributed by atoms with Crippen molar-refractivity contribution in [3.05, 3.63) is 40.4 Å². The quantitative estimate of drug-likeness (QED) is 0.181. The molecule has 0 aliphatic heterocycles. The third kappa shape index (κ3) is 5.50. The highest BCUT2D eigenvalue weighted by molar-refractivity contribution is 9.10. The van der Waals surface area contributed by atoms with E-state index in [0.717, 1.165) is 59.2 Å². The molecule has 0 spiro atoms. The summed E-state index contributed by atoms with van der Waals surface area (Å²) >= 11 is 3.42. The average Bonchev–Trinajstić information content (AvgIpc) is 3.23. The van der Waals surface area contributed by atoms with E-state index in [-0.39, 0.29) is 11.5 Å². The zero-order chi connectivity index (χ0) is 27.1. The van der Waals surface area contributed by atoms with Gasteiger partial charge in [0.1, 0.15) is 11.9 Å². The van der Waals surface area contributed by atoms with Crippen LogP contribution in [-0.4, -0.2) is 12.3 Å². The Balaban J connectivity index is 1.21. The van der Waals surface area contributed by atoms with Gasteiger partial charge in [-0.2, -0.15) is 0 Å². The standard InChI is InChI=1S/C34H49BrO3/c1-22(2)7-6-8-23(3)29-15-16-30-28-14-9-24-21-27(38-32(36)37-26-12-10-25(35)11-13-26)17-19-33(24,4)31(28)18-20-34(29,30)5/h9-13,22-23,27-31H,6-8,14-21H2,1-5H3/t23?,27-,28?,29?,30?,31?,33-,34+/m0/s1. The molecule has 4 aliphatic rings. The number of hydrogen-bond donors (Lipinski definition) is 0. The summed E-state index contributed by atoms with van der Waals surface area (Å²) in [6.45, 7) is 12.5. The van der Waals surface area contributed by atoms with Crippen LogP contribution in [0.15, 0.2) is 40.4 Å². The highest BCUT2D eigenvalue weighted by Gasteiger charge is 2.59. The van der Waals surface area contributed by atoms with Crippen LogP contribution in [0.3, 0.4) is 0 Å². The highest BCUT2D eigenvalue weighted by atomic mass is 79.9. The first kappa shape index (κ1) is 28.2. The van der Waals surface area contributed by atoms with Crippen molar-refractivity contribution in [2.45, 2.75) is 111 Å². The van der Waals surface area contributed by atoms with E-state index >= 15 is 0 Å². The summed E-state index contributed by atoms with van der Waals surface area (Å²) in [6, 6.07) is 7.30. The second-order valence-corrected chi connectivity index (χ2v) is 15.0. The maximum absolute atomic E-state index is 12.5. The molecule has 0 aromatic heterocycles. The van der Waals surface area contributed by atoms with Crippen LogP contribution in [0.5, 0.6) is 5.75 Å². The molecule has 3 saturated carbocycles. The van der Waals surface area contributed by atoms with Crippen molar-refractivity contribution < 1.29 is 14.3 Å². The van der Waals surface area contributed by atoms with Crippen molar-refractivity contribution in [1.82, 2.24) is 0 Å². The summed E-state index contributed by atoms with van der Waals surface area (Å²) < 4.78 is 12.2. The molecule has 4 heteroatoms. The first-order chi connectivity index (χ1) is 18.1. The third-order valence-corrected chi connectivity index (χ3v) is 12.1. The van der Waals surface area contributed by atoms with Gasteiger partial charge in [0.25, 0.3) is 0 Å². The molecule has 0 saturated heterocycles. The van der Waals surface area contributed by atoms with Crippen molar-refractivity contribution in [1.29, 1.82) is 0 Å². The molecule has 0 amide bonds. The van der Waals surface area contributed by atoms with E-state index in [1.807, 2.05) is 12.1 Å². The molecule has 5 rings (SSSR count). The van der Waals surface area contributed by atoms with Gasteiger partial charge in [-0.15, -0.1) is 0 Å². The Labute approximate surface area is 239 Å². The number of hydrogen-bond acceptors (Lipinski definition) is 3.